The van der Waals surface area contributed by atoms with Gasteiger partial charge in [0.25, 0.3) is 0 Å². The maximum atomic E-state index is 5.44. The first-order valence-corrected chi connectivity index (χ1v) is 6.15. The van der Waals surface area contributed by atoms with Crippen molar-refractivity contribution < 1.29 is 9.47 Å². The summed E-state index contributed by atoms with van der Waals surface area (Å²) in [7, 11) is 3.43. The Bertz CT molecular complexity index is 401. The highest BCUT2D eigenvalue weighted by Crippen LogP contribution is 2.40. The lowest BCUT2D eigenvalue weighted by molar-refractivity contribution is 0.364. The number of benzene rings is 1. The molecule has 1 aliphatic heterocycles. The summed E-state index contributed by atoms with van der Waals surface area (Å²) >= 11 is 0. The van der Waals surface area contributed by atoms with E-state index >= 15 is 0 Å². The minimum Gasteiger partial charge on any atom is -0.496 e. The number of rotatable bonds is 3. The van der Waals surface area contributed by atoms with E-state index in [9.17, 15) is 0 Å². The standard InChI is InChI=1S/C14H21NO2/c1-9(2)10-7-11-12(16-3)5-6-13(17-4)14(11)15-8-10/h5-6,9-10,15H,7-8H2,1-4H3. The monoisotopic (exact) mass is 235 g/mol. The third-order valence-corrected chi connectivity index (χ3v) is 3.62. The van der Waals surface area contributed by atoms with E-state index in [1.165, 1.54) is 5.56 Å². The van der Waals surface area contributed by atoms with Crippen LogP contribution in [0.2, 0.25) is 0 Å². The molecule has 2 rings (SSSR count). The molecule has 3 heteroatoms. The number of fused-ring (bicyclic) bond motifs is 1. The zero-order valence-electron chi connectivity index (χ0n) is 11.0. The topological polar surface area (TPSA) is 30.5 Å². The van der Waals surface area contributed by atoms with Gasteiger partial charge in [-0.1, -0.05) is 13.8 Å². The average Bonchev–Trinajstić information content (AvgIpc) is 2.36. The van der Waals surface area contributed by atoms with Crippen LogP contribution in [0.1, 0.15) is 19.4 Å². The first kappa shape index (κ1) is 12.1. The summed E-state index contributed by atoms with van der Waals surface area (Å²) in [4.78, 5) is 0. The van der Waals surface area contributed by atoms with Crippen molar-refractivity contribution in [2.24, 2.45) is 11.8 Å². The van der Waals surface area contributed by atoms with Gasteiger partial charge in [-0.3, -0.25) is 0 Å². The van der Waals surface area contributed by atoms with E-state index in [1.54, 1.807) is 14.2 Å². The van der Waals surface area contributed by atoms with Crippen LogP contribution in [0.15, 0.2) is 12.1 Å². The lowest BCUT2D eigenvalue weighted by Gasteiger charge is -2.30. The van der Waals surface area contributed by atoms with Crippen LogP contribution in [0.4, 0.5) is 5.69 Å². The van der Waals surface area contributed by atoms with E-state index in [-0.39, 0.29) is 0 Å². The lowest BCUT2D eigenvalue weighted by Crippen LogP contribution is -2.27. The van der Waals surface area contributed by atoms with E-state index in [1.807, 2.05) is 12.1 Å². The van der Waals surface area contributed by atoms with Gasteiger partial charge in [0.1, 0.15) is 11.5 Å². The Morgan fingerprint density at radius 3 is 2.41 bits per heavy atom. The van der Waals surface area contributed by atoms with Crippen molar-refractivity contribution in [2.75, 3.05) is 26.1 Å². The van der Waals surface area contributed by atoms with Crippen molar-refractivity contribution in [1.29, 1.82) is 0 Å². The van der Waals surface area contributed by atoms with Gasteiger partial charge in [-0.2, -0.15) is 0 Å². The Hall–Kier alpha value is -1.38. The van der Waals surface area contributed by atoms with Crippen LogP contribution >= 0.6 is 0 Å². The maximum absolute atomic E-state index is 5.44. The second kappa shape index (κ2) is 4.86. The van der Waals surface area contributed by atoms with E-state index in [4.69, 9.17) is 9.47 Å². The predicted octanol–water partition coefficient (Wildman–Crippen LogP) is 2.94. The summed E-state index contributed by atoms with van der Waals surface area (Å²) < 4.78 is 10.8. The molecule has 0 radical (unpaired) electrons. The molecule has 1 unspecified atom stereocenters. The molecule has 0 spiro atoms. The molecule has 0 saturated carbocycles. The largest absolute Gasteiger partial charge is 0.496 e. The molecule has 94 valence electrons. The summed E-state index contributed by atoms with van der Waals surface area (Å²) in [5, 5.41) is 3.48. The summed E-state index contributed by atoms with van der Waals surface area (Å²) in [6, 6.07) is 3.95. The highest BCUT2D eigenvalue weighted by atomic mass is 16.5. The Morgan fingerprint density at radius 1 is 1.18 bits per heavy atom. The number of hydrogen-bond donors (Lipinski definition) is 1. The van der Waals surface area contributed by atoms with Gasteiger partial charge in [0, 0.05) is 12.1 Å². The first-order chi connectivity index (χ1) is 8.17. The fourth-order valence-electron chi connectivity index (χ4n) is 2.40. The third-order valence-electron chi connectivity index (χ3n) is 3.62. The molecule has 0 aromatic heterocycles. The molecule has 1 atom stereocenters. The van der Waals surface area contributed by atoms with Gasteiger partial charge in [-0.15, -0.1) is 0 Å². The van der Waals surface area contributed by atoms with Crippen LogP contribution in [-0.4, -0.2) is 20.8 Å². The molecule has 0 aliphatic carbocycles. The van der Waals surface area contributed by atoms with Crippen LogP contribution in [0.3, 0.4) is 0 Å². The number of anilines is 1. The number of methoxy groups -OCH3 is 2. The van der Waals surface area contributed by atoms with Crippen molar-refractivity contribution in [3.05, 3.63) is 17.7 Å². The highest BCUT2D eigenvalue weighted by Gasteiger charge is 2.25. The van der Waals surface area contributed by atoms with Crippen molar-refractivity contribution in [1.82, 2.24) is 0 Å². The quantitative estimate of drug-likeness (QED) is 0.873. The lowest BCUT2D eigenvalue weighted by atomic mass is 9.85. The van der Waals surface area contributed by atoms with Crippen molar-refractivity contribution >= 4 is 5.69 Å². The minimum atomic E-state index is 0.656. The molecule has 17 heavy (non-hydrogen) atoms. The van der Waals surface area contributed by atoms with Gasteiger partial charge < -0.3 is 14.8 Å². The third kappa shape index (κ3) is 2.19. The molecular formula is C14H21NO2. The van der Waals surface area contributed by atoms with Gasteiger partial charge in [-0.25, -0.2) is 0 Å². The molecule has 0 saturated heterocycles. The van der Waals surface area contributed by atoms with E-state index in [0.29, 0.717) is 11.8 Å². The zero-order valence-corrected chi connectivity index (χ0v) is 11.0. The Morgan fingerprint density at radius 2 is 1.82 bits per heavy atom. The van der Waals surface area contributed by atoms with Gasteiger partial charge in [0.05, 0.1) is 19.9 Å². The molecular weight excluding hydrogens is 214 g/mol. The average molecular weight is 235 g/mol. The zero-order chi connectivity index (χ0) is 12.4. The number of ether oxygens (including phenoxy) is 2. The number of hydrogen-bond acceptors (Lipinski definition) is 3. The van der Waals surface area contributed by atoms with Gasteiger partial charge >= 0.3 is 0 Å². The van der Waals surface area contributed by atoms with Crippen LogP contribution in [-0.2, 0) is 6.42 Å². The Balaban J connectivity index is 2.40. The summed E-state index contributed by atoms with van der Waals surface area (Å²) in [6.07, 6.45) is 1.06. The van der Waals surface area contributed by atoms with E-state index in [2.05, 4.69) is 19.2 Å². The minimum absolute atomic E-state index is 0.656. The fourth-order valence-corrected chi connectivity index (χ4v) is 2.40. The molecule has 0 bridgehead atoms. The second-order valence-electron chi connectivity index (χ2n) is 4.91. The fraction of sp³-hybridized carbons (Fsp3) is 0.571. The maximum Gasteiger partial charge on any atom is 0.142 e. The van der Waals surface area contributed by atoms with E-state index in [0.717, 1.165) is 30.2 Å². The number of nitrogens with one attached hydrogen (secondary N) is 1. The molecule has 3 nitrogen and oxygen atoms in total. The molecule has 1 heterocycles. The molecule has 1 aromatic carbocycles. The van der Waals surface area contributed by atoms with Gasteiger partial charge in [0.15, 0.2) is 0 Å². The molecule has 1 aromatic rings. The molecule has 1 aliphatic rings. The summed E-state index contributed by atoms with van der Waals surface area (Å²) in [5.74, 6) is 3.19. The predicted molar refractivity (Wildman–Crippen MR) is 70.1 cm³/mol. The summed E-state index contributed by atoms with van der Waals surface area (Å²) in [5.41, 5.74) is 2.35. The SMILES string of the molecule is COc1ccc(OC)c2c1CC(C(C)C)CN2. The Kier molecular flexibility index (Phi) is 3.46. The van der Waals surface area contributed by atoms with E-state index < -0.39 is 0 Å². The molecule has 0 fully saturated rings. The van der Waals surface area contributed by atoms with Crippen LogP contribution < -0.4 is 14.8 Å². The van der Waals surface area contributed by atoms with Crippen molar-refractivity contribution in [3.8, 4) is 11.5 Å². The highest BCUT2D eigenvalue weighted by molar-refractivity contribution is 5.68. The molecule has 0 amide bonds. The van der Waals surface area contributed by atoms with Crippen molar-refractivity contribution in [2.45, 2.75) is 20.3 Å². The van der Waals surface area contributed by atoms with Crippen molar-refractivity contribution in [3.63, 3.8) is 0 Å². The smallest absolute Gasteiger partial charge is 0.142 e. The Labute approximate surface area is 103 Å². The van der Waals surface area contributed by atoms with Crippen LogP contribution in [0, 0.1) is 11.8 Å². The van der Waals surface area contributed by atoms with Crippen LogP contribution in [0.25, 0.3) is 0 Å². The molecule has 1 N–H and O–H groups in total. The van der Waals surface area contributed by atoms with Gasteiger partial charge in [0.2, 0.25) is 0 Å². The van der Waals surface area contributed by atoms with Gasteiger partial charge in [-0.05, 0) is 30.4 Å². The summed E-state index contributed by atoms with van der Waals surface area (Å²) in [6.45, 7) is 5.54. The normalized spacial score (nSPS) is 18.5. The van der Waals surface area contributed by atoms with Crippen LogP contribution in [0.5, 0.6) is 11.5 Å². The first-order valence-electron chi connectivity index (χ1n) is 6.15. The second-order valence-corrected chi connectivity index (χ2v) is 4.91.